The van der Waals surface area contributed by atoms with Crippen molar-refractivity contribution >= 4 is 27.5 Å². The van der Waals surface area contributed by atoms with Crippen LogP contribution >= 0.6 is 27.5 Å². The van der Waals surface area contributed by atoms with E-state index in [1.807, 2.05) is 36.7 Å². The molecule has 108 valence electrons. The molecule has 0 spiro atoms. The van der Waals surface area contributed by atoms with Crippen molar-refractivity contribution in [3.05, 3.63) is 44.6 Å². The fourth-order valence-corrected chi connectivity index (χ4v) is 2.60. The highest BCUT2D eigenvalue weighted by Crippen LogP contribution is 2.26. The standard InChI is InChI=1S/C14H17BrClN3O/c1-3-19-12(14(16)9(2)18-19)8-20-13-5-4-11(15)6-10(13)7-17/h4-6H,3,7-8,17H2,1-2H3. The maximum absolute atomic E-state index is 6.26. The minimum absolute atomic E-state index is 0.377. The van der Waals surface area contributed by atoms with Gasteiger partial charge >= 0.3 is 0 Å². The van der Waals surface area contributed by atoms with E-state index >= 15 is 0 Å². The molecule has 2 rings (SSSR count). The zero-order valence-corrected chi connectivity index (χ0v) is 13.8. The number of aryl methyl sites for hydroxylation is 2. The molecule has 0 radical (unpaired) electrons. The topological polar surface area (TPSA) is 53.1 Å². The monoisotopic (exact) mass is 357 g/mol. The van der Waals surface area contributed by atoms with Gasteiger partial charge in [0.1, 0.15) is 12.4 Å². The third kappa shape index (κ3) is 3.16. The first-order valence-corrected chi connectivity index (χ1v) is 7.57. The number of halogens is 2. The van der Waals surface area contributed by atoms with Gasteiger partial charge in [-0.15, -0.1) is 0 Å². The number of aromatic nitrogens is 2. The summed E-state index contributed by atoms with van der Waals surface area (Å²) >= 11 is 9.69. The van der Waals surface area contributed by atoms with Gasteiger partial charge in [0.2, 0.25) is 0 Å². The lowest BCUT2D eigenvalue weighted by Gasteiger charge is -2.12. The van der Waals surface area contributed by atoms with E-state index in [4.69, 9.17) is 22.1 Å². The fourth-order valence-electron chi connectivity index (χ4n) is 2.00. The summed E-state index contributed by atoms with van der Waals surface area (Å²) in [6.45, 7) is 5.48. The molecule has 0 aliphatic carbocycles. The molecular formula is C14H17BrClN3O. The molecule has 0 amide bonds. The van der Waals surface area contributed by atoms with Crippen LogP contribution in [0.5, 0.6) is 5.75 Å². The Kier molecular flexibility index (Phi) is 5.07. The quantitative estimate of drug-likeness (QED) is 0.887. The van der Waals surface area contributed by atoms with Crippen molar-refractivity contribution in [2.24, 2.45) is 5.73 Å². The molecule has 2 N–H and O–H groups in total. The minimum Gasteiger partial charge on any atom is -0.487 e. The lowest BCUT2D eigenvalue weighted by molar-refractivity contribution is 0.289. The van der Waals surface area contributed by atoms with Gasteiger partial charge in [0.15, 0.2) is 0 Å². The van der Waals surface area contributed by atoms with Gasteiger partial charge in [0.05, 0.1) is 16.4 Å². The molecule has 0 atom stereocenters. The van der Waals surface area contributed by atoms with E-state index in [-0.39, 0.29) is 0 Å². The van der Waals surface area contributed by atoms with E-state index in [2.05, 4.69) is 21.0 Å². The predicted molar refractivity (Wildman–Crippen MR) is 84.0 cm³/mol. The Balaban J connectivity index is 2.21. The van der Waals surface area contributed by atoms with Crippen LogP contribution in [0, 0.1) is 6.92 Å². The Hall–Kier alpha value is -1.04. The number of ether oxygens (including phenoxy) is 1. The van der Waals surface area contributed by atoms with Crippen LogP contribution in [0.2, 0.25) is 5.02 Å². The summed E-state index contributed by atoms with van der Waals surface area (Å²) in [5, 5.41) is 5.04. The highest BCUT2D eigenvalue weighted by atomic mass is 79.9. The Bertz CT molecular complexity index is 613. The summed E-state index contributed by atoms with van der Waals surface area (Å²) in [7, 11) is 0. The second kappa shape index (κ2) is 6.61. The Labute approximate surface area is 132 Å². The number of hydrogen-bond donors (Lipinski definition) is 1. The van der Waals surface area contributed by atoms with Gasteiger partial charge in [-0.25, -0.2) is 0 Å². The van der Waals surface area contributed by atoms with Crippen molar-refractivity contribution in [1.82, 2.24) is 9.78 Å². The molecular weight excluding hydrogens is 342 g/mol. The van der Waals surface area contributed by atoms with Crippen molar-refractivity contribution in [2.45, 2.75) is 33.5 Å². The Morgan fingerprint density at radius 2 is 2.20 bits per heavy atom. The zero-order chi connectivity index (χ0) is 14.7. The van der Waals surface area contributed by atoms with Crippen LogP contribution in [0.25, 0.3) is 0 Å². The van der Waals surface area contributed by atoms with Gasteiger partial charge in [0.25, 0.3) is 0 Å². The molecule has 6 heteroatoms. The summed E-state index contributed by atoms with van der Waals surface area (Å²) in [6.07, 6.45) is 0. The van der Waals surface area contributed by atoms with E-state index in [1.54, 1.807) is 0 Å². The maximum atomic E-state index is 6.26. The van der Waals surface area contributed by atoms with Gasteiger partial charge < -0.3 is 10.5 Å². The molecule has 0 fully saturated rings. The summed E-state index contributed by atoms with van der Waals surface area (Å²) in [5.41, 5.74) is 8.40. The van der Waals surface area contributed by atoms with E-state index in [0.29, 0.717) is 18.2 Å². The second-order valence-corrected chi connectivity index (χ2v) is 5.70. The molecule has 1 aromatic heterocycles. The molecule has 0 aliphatic heterocycles. The number of benzene rings is 1. The number of nitrogens with zero attached hydrogens (tertiary/aromatic N) is 2. The van der Waals surface area contributed by atoms with Crippen LogP contribution in [-0.2, 0) is 19.7 Å². The smallest absolute Gasteiger partial charge is 0.131 e. The van der Waals surface area contributed by atoms with Crippen LogP contribution in [-0.4, -0.2) is 9.78 Å². The van der Waals surface area contributed by atoms with Crippen molar-refractivity contribution < 1.29 is 4.74 Å². The normalized spacial score (nSPS) is 10.8. The van der Waals surface area contributed by atoms with Gasteiger partial charge in [-0.3, -0.25) is 4.68 Å². The molecule has 0 saturated carbocycles. The zero-order valence-electron chi connectivity index (χ0n) is 11.5. The third-order valence-corrected chi connectivity index (χ3v) is 4.04. The molecule has 0 unspecified atom stereocenters. The van der Waals surface area contributed by atoms with Crippen molar-refractivity contribution in [2.75, 3.05) is 0 Å². The molecule has 4 nitrogen and oxygen atoms in total. The molecule has 0 aliphatic rings. The summed E-state index contributed by atoms with van der Waals surface area (Å²) < 4.78 is 8.70. The van der Waals surface area contributed by atoms with Gasteiger partial charge in [-0.05, 0) is 32.0 Å². The molecule has 0 bridgehead atoms. The first-order valence-electron chi connectivity index (χ1n) is 6.39. The SMILES string of the molecule is CCn1nc(C)c(Cl)c1COc1ccc(Br)cc1CN. The fraction of sp³-hybridized carbons (Fsp3) is 0.357. The Morgan fingerprint density at radius 1 is 1.45 bits per heavy atom. The van der Waals surface area contributed by atoms with Crippen LogP contribution in [0.15, 0.2) is 22.7 Å². The average molecular weight is 359 g/mol. The first-order chi connectivity index (χ1) is 9.56. The van der Waals surface area contributed by atoms with Crippen molar-refractivity contribution in [3.8, 4) is 5.75 Å². The van der Waals surface area contributed by atoms with Crippen molar-refractivity contribution in [1.29, 1.82) is 0 Å². The van der Waals surface area contributed by atoms with E-state index in [1.165, 1.54) is 0 Å². The van der Waals surface area contributed by atoms with Gasteiger partial charge in [0, 0.05) is 23.1 Å². The van der Waals surface area contributed by atoms with E-state index < -0.39 is 0 Å². The maximum Gasteiger partial charge on any atom is 0.131 e. The summed E-state index contributed by atoms with van der Waals surface area (Å²) in [4.78, 5) is 0. The third-order valence-electron chi connectivity index (χ3n) is 3.06. The highest BCUT2D eigenvalue weighted by molar-refractivity contribution is 9.10. The van der Waals surface area contributed by atoms with Gasteiger partial charge in [-0.2, -0.15) is 5.10 Å². The van der Waals surface area contributed by atoms with E-state index in [0.717, 1.165) is 33.7 Å². The second-order valence-electron chi connectivity index (χ2n) is 4.41. The lowest BCUT2D eigenvalue weighted by Crippen LogP contribution is -2.08. The average Bonchev–Trinajstić information content (AvgIpc) is 2.72. The van der Waals surface area contributed by atoms with Crippen LogP contribution in [0.1, 0.15) is 23.9 Å². The van der Waals surface area contributed by atoms with Crippen molar-refractivity contribution in [3.63, 3.8) is 0 Å². The molecule has 1 heterocycles. The number of hydrogen-bond acceptors (Lipinski definition) is 3. The summed E-state index contributed by atoms with van der Waals surface area (Å²) in [5.74, 6) is 0.772. The molecule has 0 saturated heterocycles. The highest BCUT2D eigenvalue weighted by Gasteiger charge is 2.13. The largest absolute Gasteiger partial charge is 0.487 e. The Morgan fingerprint density at radius 3 is 2.85 bits per heavy atom. The minimum atomic E-state index is 0.377. The van der Waals surface area contributed by atoms with Crippen LogP contribution in [0.3, 0.4) is 0 Å². The van der Waals surface area contributed by atoms with Gasteiger partial charge in [-0.1, -0.05) is 27.5 Å². The van der Waals surface area contributed by atoms with Crippen LogP contribution < -0.4 is 10.5 Å². The number of rotatable bonds is 5. The van der Waals surface area contributed by atoms with Crippen LogP contribution in [0.4, 0.5) is 0 Å². The molecule has 2 aromatic rings. The molecule has 1 aromatic carbocycles. The van der Waals surface area contributed by atoms with E-state index in [9.17, 15) is 0 Å². The lowest BCUT2D eigenvalue weighted by atomic mass is 10.2. The predicted octanol–water partition coefficient (Wildman–Crippen LogP) is 3.67. The first kappa shape index (κ1) is 15.4. The number of nitrogens with two attached hydrogens (primary N) is 1. The summed E-state index contributed by atoms with van der Waals surface area (Å²) in [6, 6.07) is 5.79. The molecule has 20 heavy (non-hydrogen) atoms.